The van der Waals surface area contributed by atoms with Crippen LogP contribution in [0.1, 0.15) is 36.7 Å². The molecular weight excluding hydrogens is 479 g/mol. The van der Waals surface area contributed by atoms with Gasteiger partial charge in [-0.15, -0.1) is 0 Å². The molecule has 0 atom stereocenters. The second-order valence-corrected chi connectivity index (χ2v) is 9.99. The Bertz CT molecular complexity index is 1310. The molecule has 0 heterocycles. The van der Waals surface area contributed by atoms with Crippen LogP contribution in [0, 0.1) is 5.82 Å². The first kappa shape index (κ1) is 25.5. The molecule has 0 saturated heterocycles. The monoisotopic (exact) mass is 504 g/mol. The van der Waals surface area contributed by atoms with Crippen molar-refractivity contribution in [1.82, 2.24) is 5.32 Å². The zero-order valence-corrected chi connectivity index (χ0v) is 20.9. The molecule has 0 aliphatic carbocycles. The smallest absolute Gasteiger partial charge is 0.265 e. The molecule has 3 rings (SSSR count). The highest BCUT2D eigenvalue weighted by Crippen LogP contribution is 2.36. The van der Waals surface area contributed by atoms with Gasteiger partial charge in [-0.1, -0.05) is 48.9 Å². The molecule has 3 aromatic rings. The van der Waals surface area contributed by atoms with E-state index in [1.54, 1.807) is 45.0 Å². The van der Waals surface area contributed by atoms with Crippen molar-refractivity contribution in [2.45, 2.75) is 38.1 Å². The summed E-state index contributed by atoms with van der Waals surface area (Å²) in [7, 11) is -2.98. The van der Waals surface area contributed by atoms with E-state index < -0.39 is 21.7 Å². The third-order valence-corrected chi connectivity index (χ3v) is 6.74. The maximum Gasteiger partial charge on any atom is 0.265 e. The zero-order valence-electron chi connectivity index (χ0n) is 19.3. The molecule has 34 heavy (non-hydrogen) atoms. The lowest BCUT2D eigenvalue weighted by Gasteiger charge is -2.18. The molecule has 0 saturated carbocycles. The van der Waals surface area contributed by atoms with Crippen molar-refractivity contribution in [2.24, 2.45) is 0 Å². The van der Waals surface area contributed by atoms with Crippen molar-refractivity contribution < 1.29 is 22.3 Å². The summed E-state index contributed by atoms with van der Waals surface area (Å²) in [6.45, 7) is 5.36. The molecule has 9 heteroatoms. The minimum absolute atomic E-state index is 0.0286. The molecule has 0 aliphatic heterocycles. The van der Waals surface area contributed by atoms with E-state index in [9.17, 15) is 17.6 Å². The standard InChI is InChI=1S/C25H26ClFN2O4S/c1-5-16-12-21(27)19(17-9-7-6-8-10-17)14-22(16)29-34(31,32)23-13-18(25(30)28-15(2)3)11-20(26)24(23)33-4/h6-15,29H,5H2,1-4H3,(H,28,30). The summed E-state index contributed by atoms with van der Waals surface area (Å²) in [6.07, 6.45) is 0.387. The largest absolute Gasteiger partial charge is 0.494 e. The van der Waals surface area contributed by atoms with E-state index in [-0.39, 0.29) is 38.5 Å². The summed E-state index contributed by atoms with van der Waals surface area (Å²) in [6, 6.07) is 14.0. The summed E-state index contributed by atoms with van der Waals surface area (Å²) in [4.78, 5) is 12.2. The molecule has 0 bridgehead atoms. The Morgan fingerprint density at radius 1 is 1.12 bits per heavy atom. The van der Waals surface area contributed by atoms with Gasteiger partial charge in [0.05, 0.1) is 17.8 Å². The molecule has 0 fully saturated rings. The first-order valence-electron chi connectivity index (χ1n) is 10.7. The van der Waals surface area contributed by atoms with Crippen molar-refractivity contribution in [3.05, 3.63) is 76.6 Å². The van der Waals surface area contributed by atoms with E-state index in [4.69, 9.17) is 16.3 Å². The van der Waals surface area contributed by atoms with Gasteiger partial charge in [0, 0.05) is 17.2 Å². The molecule has 0 unspecified atom stereocenters. The van der Waals surface area contributed by atoms with Crippen LogP contribution in [0.5, 0.6) is 5.75 Å². The molecule has 2 N–H and O–H groups in total. The lowest BCUT2D eigenvalue weighted by atomic mass is 10.0. The second-order valence-electron chi connectivity index (χ2n) is 7.93. The van der Waals surface area contributed by atoms with Crippen molar-refractivity contribution in [1.29, 1.82) is 0 Å². The van der Waals surface area contributed by atoms with E-state index in [1.807, 2.05) is 6.07 Å². The number of anilines is 1. The number of ether oxygens (including phenoxy) is 1. The Balaban J connectivity index is 2.11. The minimum atomic E-state index is -4.27. The van der Waals surface area contributed by atoms with Crippen LogP contribution in [0.15, 0.2) is 59.5 Å². The van der Waals surface area contributed by atoms with Crippen molar-refractivity contribution >= 4 is 33.2 Å². The fraction of sp³-hybridized carbons (Fsp3) is 0.240. The van der Waals surface area contributed by atoms with Crippen molar-refractivity contribution in [2.75, 3.05) is 11.8 Å². The Hall–Kier alpha value is -3.10. The normalized spacial score (nSPS) is 11.4. The van der Waals surface area contributed by atoms with E-state index in [1.165, 1.54) is 31.4 Å². The van der Waals surface area contributed by atoms with Gasteiger partial charge in [-0.05, 0) is 55.7 Å². The number of carbonyl (C=O) groups is 1. The molecular formula is C25H26ClFN2O4S. The second kappa shape index (κ2) is 10.4. The number of hydrogen-bond donors (Lipinski definition) is 2. The molecule has 0 radical (unpaired) electrons. The third-order valence-electron chi connectivity index (χ3n) is 5.09. The number of benzene rings is 3. The van der Waals surface area contributed by atoms with Crippen LogP contribution >= 0.6 is 11.6 Å². The quantitative estimate of drug-likeness (QED) is 0.415. The summed E-state index contributed by atoms with van der Waals surface area (Å²) in [5.41, 5.74) is 1.62. The van der Waals surface area contributed by atoms with Gasteiger partial charge < -0.3 is 10.1 Å². The Kier molecular flexibility index (Phi) is 7.84. The van der Waals surface area contributed by atoms with Crippen LogP contribution in [-0.2, 0) is 16.4 Å². The van der Waals surface area contributed by atoms with Gasteiger partial charge in [-0.3, -0.25) is 9.52 Å². The number of carbonyl (C=O) groups excluding carboxylic acids is 1. The number of halogens is 2. The molecule has 6 nitrogen and oxygen atoms in total. The molecule has 0 aromatic heterocycles. The molecule has 3 aromatic carbocycles. The van der Waals surface area contributed by atoms with E-state index in [2.05, 4.69) is 10.0 Å². The number of amides is 1. The number of hydrogen-bond acceptors (Lipinski definition) is 4. The van der Waals surface area contributed by atoms with Gasteiger partial charge in [0.1, 0.15) is 10.7 Å². The number of nitrogens with one attached hydrogen (secondary N) is 2. The van der Waals surface area contributed by atoms with Crippen molar-refractivity contribution in [3.8, 4) is 16.9 Å². The number of aryl methyl sites for hydroxylation is 1. The van der Waals surface area contributed by atoms with Crippen LogP contribution in [-0.4, -0.2) is 27.5 Å². The molecule has 0 aliphatic rings. The van der Waals surface area contributed by atoms with Gasteiger partial charge >= 0.3 is 0 Å². The summed E-state index contributed by atoms with van der Waals surface area (Å²) in [5, 5.41) is 2.68. The Morgan fingerprint density at radius 2 is 1.79 bits per heavy atom. The van der Waals surface area contributed by atoms with Crippen LogP contribution in [0.25, 0.3) is 11.1 Å². The van der Waals surface area contributed by atoms with E-state index >= 15 is 0 Å². The molecule has 0 spiro atoms. The number of rotatable bonds is 8. The molecule has 1 amide bonds. The minimum Gasteiger partial charge on any atom is -0.494 e. The van der Waals surface area contributed by atoms with Crippen LogP contribution in [0.2, 0.25) is 5.02 Å². The van der Waals surface area contributed by atoms with Gasteiger partial charge in [-0.25, -0.2) is 12.8 Å². The highest BCUT2D eigenvalue weighted by atomic mass is 35.5. The van der Waals surface area contributed by atoms with E-state index in [0.717, 1.165) is 0 Å². The maximum atomic E-state index is 14.8. The zero-order chi connectivity index (χ0) is 25.0. The lowest BCUT2D eigenvalue weighted by Crippen LogP contribution is -2.30. The predicted molar refractivity (Wildman–Crippen MR) is 133 cm³/mol. The van der Waals surface area contributed by atoms with Gasteiger partial charge in [0.2, 0.25) is 0 Å². The third kappa shape index (κ3) is 5.51. The average Bonchev–Trinajstić information content (AvgIpc) is 2.79. The summed E-state index contributed by atoms with van der Waals surface area (Å²) in [5.74, 6) is -1.03. The van der Waals surface area contributed by atoms with Gasteiger partial charge in [-0.2, -0.15) is 0 Å². The van der Waals surface area contributed by atoms with Gasteiger partial charge in [0.25, 0.3) is 15.9 Å². The average molecular weight is 505 g/mol. The van der Waals surface area contributed by atoms with Crippen LogP contribution in [0.4, 0.5) is 10.1 Å². The first-order valence-corrected chi connectivity index (χ1v) is 12.5. The van der Waals surface area contributed by atoms with Crippen molar-refractivity contribution in [3.63, 3.8) is 0 Å². The predicted octanol–water partition coefficient (Wildman–Crippen LogP) is 5.66. The summed E-state index contributed by atoms with van der Waals surface area (Å²) < 4.78 is 49.5. The summed E-state index contributed by atoms with van der Waals surface area (Å²) >= 11 is 6.26. The highest BCUT2D eigenvalue weighted by Gasteiger charge is 2.26. The number of methoxy groups -OCH3 is 1. The lowest BCUT2D eigenvalue weighted by molar-refractivity contribution is 0.0943. The van der Waals surface area contributed by atoms with Gasteiger partial charge in [0.15, 0.2) is 5.75 Å². The highest BCUT2D eigenvalue weighted by molar-refractivity contribution is 7.92. The maximum absolute atomic E-state index is 14.8. The van der Waals surface area contributed by atoms with E-state index in [0.29, 0.717) is 17.5 Å². The van der Waals surface area contributed by atoms with Crippen LogP contribution < -0.4 is 14.8 Å². The first-order chi connectivity index (χ1) is 16.1. The Morgan fingerprint density at radius 3 is 2.38 bits per heavy atom. The SMILES string of the molecule is CCc1cc(F)c(-c2ccccc2)cc1NS(=O)(=O)c1cc(C(=O)NC(C)C)cc(Cl)c1OC. The Labute approximate surface area is 204 Å². The fourth-order valence-electron chi connectivity index (χ4n) is 3.48. The molecule has 180 valence electrons. The topological polar surface area (TPSA) is 84.5 Å². The number of sulfonamides is 1. The fourth-order valence-corrected chi connectivity index (χ4v) is 5.14. The van der Waals surface area contributed by atoms with Crippen LogP contribution in [0.3, 0.4) is 0 Å².